The molecule has 1 heterocycles. The Morgan fingerprint density at radius 3 is 2.38 bits per heavy atom. The van der Waals surface area contributed by atoms with Gasteiger partial charge >= 0.3 is 6.18 Å². The molecule has 2 nitrogen and oxygen atoms in total. The average Bonchev–Trinajstić information content (AvgIpc) is 2.41. The lowest BCUT2D eigenvalue weighted by Gasteiger charge is -2.37. The summed E-state index contributed by atoms with van der Waals surface area (Å²) in [5, 5.41) is 0. The van der Waals surface area contributed by atoms with Crippen LogP contribution in [0.4, 0.5) is 13.2 Å². The first-order valence-corrected chi connectivity index (χ1v) is 5.78. The summed E-state index contributed by atoms with van der Waals surface area (Å²) in [5.74, 6) is -0.941. The highest BCUT2D eigenvalue weighted by Gasteiger charge is 2.53. The first kappa shape index (κ1) is 12.2. The monoisotopic (exact) mass is 237 g/mol. The van der Waals surface area contributed by atoms with E-state index < -0.39 is 12.1 Å². The van der Waals surface area contributed by atoms with Crippen LogP contribution in [0.3, 0.4) is 0 Å². The largest absolute Gasteiger partial charge is 0.391 e. The lowest BCUT2D eigenvalue weighted by Crippen LogP contribution is -2.48. The van der Waals surface area contributed by atoms with Gasteiger partial charge in [0, 0.05) is 12.0 Å². The molecule has 0 amide bonds. The molecule has 1 aliphatic heterocycles. The molecule has 1 saturated heterocycles. The molecule has 2 N–H and O–H groups in total. The fourth-order valence-corrected chi connectivity index (χ4v) is 3.15. The standard InChI is InChI=1S/C11H18F3NO/c1-5-6(2)16-9-4-7(11(12,13)14)3-8(15)10(5)9/h5-10H,3-4,15H2,1-2H3/t5-,6-,7+,8-,9+,10+/m0/s1. The van der Waals surface area contributed by atoms with Gasteiger partial charge in [-0.25, -0.2) is 0 Å². The minimum absolute atomic E-state index is 0.0213. The van der Waals surface area contributed by atoms with Gasteiger partial charge in [0.05, 0.1) is 18.1 Å². The molecule has 1 saturated carbocycles. The van der Waals surface area contributed by atoms with Gasteiger partial charge in [0.1, 0.15) is 0 Å². The molecule has 2 fully saturated rings. The zero-order chi connectivity index (χ0) is 12.1. The molecule has 2 rings (SSSR count). The molecule has 16 heavy (non-hydrogen) atoms. The Morgan fingerprint density at radius 2 is 1.81 bits per heavy atom. The molecule has 0 spiro atoms. The van der Waals surface area contributed by atoms with E-state index in [1.54, 1.807) is 0 Å². The van der Waals surface area contributed by atoms with Gasteiger partial charge in [0.25, 0.3) is 0 Å². The summed E-state index contributed by atoms with van der Waals surface area (Å²) in [6.07, 6.45) is -4.30. The second-order valence-corrected chi connectivity index (χ2v) is 5.19. The summed E-state index contributed by atoms with van der Waals surface area (Å²) in [6, 6.07) is -0.384. The first-order chi connectivity index (χ1) is 7.30. The van der Waals surface area contributed by atoms with Gasteiger partial charge in [0.15, 0.2) is 0 Å². The normalized spacial score (nSPS) is 49.1. The highest BCUT2D eigenvalue weighted by Crippen LogP contribution is 2.46. The van der Waals surface area contributed by atoms with E-state index >= 15 is 0 Å². The van der Waals surface area contributed by atoms with Crippen molar-refractivity contribution in [2.75, 3.05) is 0 Å². The van der Waals surface area contributed by atoms with Crippen molar-refractivity contribution in [1.29, 1.82) is 0 Å². The quantitative estimate of drug-likeness (QED) is 0.701. The molecule has 2 aliphatic rings. The minimum Gasteiger partial charge on any atom is -0.375 e. The third-order valence-electron chi connectivity index (χ3n) is 4.20. The van der Waals surface area contributed by atoms with E-state index in [1.807, 2.05) is 13.8 Å². The van der Waals surface area contributed by atoms with Crippen molar-refractivity contribution in [2.24, 2.45) is 23.5 Å². The second-order valence-electron chi connectivity index (χ2n) is 5.19. The van der Waals surface area contributed by atoms with Crippen LogP contribution in [0.5, 0.6) is 0 Å². The Bertz CT molecular complexity index is 268. The van der Waals surface area contributed by atoms with E-state index in [4.69, 9.17) is 10.5 Å². The molecule has 0 aromatic rings. The van der Waals surface area contributed by atoms with E-state index in [1.165, 1.54) is 0 Å². The van der Waals surface area contributed by atoms with Crippen molar-refractivity contribution in [2.45, 2.75) is 51.1 Å². The molecular formula is C11H18F3NO. The van der Waals surface area contributed by atoms with Crippen molar-refractivity contribution in [3.8, 4) is 0 Å². The number of nitrogens with two attached hydrogens (primary N) is 1. The fraction of sp³-hybridized carbons (Fsp3) is 1.00. The van der Waals surface area contributed by atoms with Crippen LogP contribution < -0.4 is 5.73 Å². The van der Waals surface area contributed by atoms with E-state index in [9.17, 15) is 13.2 Å². The van der Waals surface area contributed by atoms with Gasteiger partial charge in [-0.15, -0.1) is 0 Å². The van der Waals surface area contributed by atoms with Crippen molar-refractivity contribution < 1.29 is 17.9 Å². The summed E-state index contributed by atoms with van der Waals surface area (Å²) in [5.41, 5.74) is 5.88. The topological polar surface area (TPSA) is 35.2 Å². The van der Waals surface area contributed by atoms with Crippen LogP contribution in [0.15, 0.2) is 0 Å². The van der Waals surface area contributed by atoms with E-state index in [0.29, 0.717) is 0 Å². The van der Waals surface area contributed by atoms with Crippen LogP contribution in [0, 0.1) is 17.8 Å². The first-order valence-electron chi connectivity index (χ1n) is 5.78. The van der Waals surface area contributed by atoms with E-state index in [2.05, 4.69) is 0 Å². The van der Waals surface area contributed by atoms with Gasteiger partial charge in [0.2, 0.25) is 0 Å². The second kappa shape index (κ2) is 3.88. The Kier molecular flexibility index (Phi) is 2.95. The number of hydrogen-bond acceptors (Lipinski definition) is 2. The molecular weight excluding hydrogens is 219 g/mol. The Labute approximate surface area is 93.3 Å². The molecule has 0 unspecified atom stereocenters. The molecule has 6 atom stereocenters. The van der Waals surface area contributed by atoms with Crippen LogP contribution >= 0.6 is 0 Å². The summed E-state index contributed by atoms with van der Waals surface area (Å²) in [6.45, 7) is 3.93. The molecule has 0 bridgehead atoms. The van der Waals surface area contributed by atoms with Crippen molar-refractivity contribution >= 4 is 0 Å². The maximum absolute atomic E-state index is 12.7. The molecule has 0 radical (unpaired) electrons. The Balaban J connectivity index is 2.12. The summed E-state index contributed by atoms with van der Waals surface area (Å²) in [4.78, 5) is 0. The number of ether oxygens (including phenoxy) is 1. The number of alkyl halides is 3. The lowest BCUT2D eigenvalue weighted by molar-refractivity contribution is -0.195. The van der Waals surface area contributed by atoms with Crippen molar-refractivity contribution in [3.63, 3.8) is 0 Å². The predicted molar refractivity (Wildman–Crippen MR) is 53.7 cm³/mol. The molecule has 94 valence electrons. The van der Waals surface area contributed by atoms with Gasteiger partial charge in [-0.2, -0.15) is 13.2 Å². The van der Waals surface area contributed by atoms with Crippen molar-refractivity contribution in [3.05, 3.63) is 0 Å². The zero-order valence-electron chi connectivity index (χ0n) is 9.50. The van der Waals surface area contributed by atoms with Gasteiger partial charge < -0.3 is 10.5 Å². The molecule has 5 heteroatoms. The predicted octanol–water partition coefficient (Wildman–Crippen LogP) is 2.33. The third-order valence-corrected chi connectivity index (χ3v) is 4.20. The van der Waals surface area contributed by atoms with Crippen LogP contribution in [0.2, 0.25) is 0 Å². The van der Waals surface area contributed by atoms with Crippen LogP contribution in [0.1, 0.15) is 26.7 Å². The SMILES string of the molecule is C[C@@H]1[C@@H]2[C@@H](N)C[C@@H](C(F)(F)F)C[C@H]2O[C@H]1C. The maximum Gasteiger partial charge on any atom is 0.391 e. The number of hydrogen-bond donors (Lipinski definition) is 1. The Hall–Kier alpha value is -0.290. The fourth-order valence-electron chi connectivity index (χ4n) is 3.15. The summed E-state index contributed by atoms with van der Waals surface area (Å²) < 4.78 is 43.6. The van der Waals surface area contributed by atoms with Gasteiger partial charge in [-0.05, 0) is 25.7 Å². The van der Waals surface area contributed by atoms with E-state index in [-0.39, 0.29) is 42.9 Å². The zero-order valence-corrected chi connectivity index (χ0v) is 9.50. The number of halogens is 3. The third kappa shape index (κ3) is 1.95. The Morgan fingerprint density at radius 1 is 1.19 bits per heavy atom. The van der Waals surface area contributed by atoms with Crippen molar-refractivity contribution in [1.82, 2.24) is 0 Å². The molecule has 0 aromatic carbocycles. The minimum atomic E-state index is -4.14. The smallest absolute Gasteiger partial charge is 0.375 e. The van der Waals surface area contributed by atoms with Crippen LogP contribution in [-0.2, 0) is 4.74 Å². The highest BCUT2D eigenvalue weighted by molar-refractivity contribution is 4.98. The van der Waals surface area contributed by atoms with E-state index in [0.717, 1.165) is 0 Å². The van der Waals surface area contributed by atoms with Gasteiger partial charge in [-0.3, -0.25) is 0 Å². The number of rotatable bonds is 0. The molecule has 0 aromatic heterocycles. The van der Waals surface area contributed by atoms with Crippen LogP contribution in [0.25, 0.3) is 0 Å². The van der Waals surface area contributed by atoms with Gasteiger partial charge in [-0.1, -0.05) is 6.92 Å². The average molecular weight is 237 g/mol. The van der Waals surface area contributed by atoms with Crippen LogP contribution in [-0.4, -0.2) is 24.4 Å². The maximum atomic E-state index is 12.7. The summed E-state index contributed by atoms with van der Waals surface area (Å²) in [7, 11) is 0. The number of fused-ring (bicyclic) bond motifs is 1. The highest BCUT2D eigenvalue weighted by atomic mass is 19.4. The molecule has 1 aliphatic carbocycles. The summed E-state index contributed by atoms with van der Waals surface area (Å²) >= 11 is 0. The lowest BCUT2D eigenvalue weighted by atomic mass is 9.72.